The predicted octanol–water partition coefficient (Wildman–Crippen LogP) is 3.90. The van der Waals surface area contributed by atoms with E-state index < -0.39 is 11.6 Å². The first kappa shape index (κ1) is 25.2. The van der Waals surface area contributed by atoms with Crippen molar-refractivity contribution < 1.29 is 18.8 Å². The van der Waals surface area contributed by atoms with Gasteiger partial charge in [-0.05, 0) is 45.9 Å². The fourth-order valence-corrected chi connectivity index (χ4v) is 5.01. The van der Waals surface area contributed by atoms with Crippen molar-refractivity contribution in [1.29, 1.82) is 0 Å². The van der Waals surface area contributed by atoms with E-state index in [-0.39, 0.29) is 30.2 Å². The van der Waals surface area contributed by atoms with Gasteiger partial charge >= 0.3 is 0 Å². The van der Waals surface area contributed by atoms with Crippen LogP contribution in [-0.4, -0.2) is 69.2 Å². The summed E-state index contributed by atoms with van der Waals surface area (Å²) in [5.41, 5.74) is 1.98. The summed E-state index contributed by atoms with van der Waals surface area (Å²) >= 11 is 6.42. The number of amides is 2. The molecular weight excluding hydrogens is 496 g/mol. The van der Waals surface area contributed by atoms with E-state index in [2.05, 4.69) is 25.8 Å². The lowest BCUT2D eigenvalue weighted by Gasteiger charge is -2.43. The third-order valence-electron chi connectivity index (χ3n) is 6.44. The number of carbonyl (C=O) groups excluding carboxylic acids is 2. The molecule has 10 nitrogen and oxygen atoms in total. The van der Waals surface area contributed by atoms with Crippen molar-refractivity contribution >= 4 is 50.9 Å². The zero-order valence-corrected chi connectivity index (χ0v) is 21.8. The molecule has 2 atom stereocenters. The summed E-state index contributed by atoms with van der Waals surface area (Å²) in [6.07, 6.45) is 3.46. The van der Waals surface area contributed by atoms with Gasteiger partial charge in [0.15, 0.2) is 5.69 Å². The molecule has 0 radical (unpaired) electrons. The molecule has 0 spiro atoms. The van der Waals surface area contributed by atoms with E-state index in [1.165, 1.54) is 0 Å². The van der Waals surface area contributed by atoms with E-state index in [0.717, 1.165) is 21.8 Å². The number of nitrogens with one attached hydrogen (secondary N) is 3. The van der Waals surface area contributed by atoms with Gasteiger partial charge in [0.05, 0.1) is 35.1 Å². The van der Waals surface area contributed by atoms with E-state index >= 15 is 0 Å². The highest BCUT2D eigenvalue weighted by molar-refractivity contribution is 6.33. The normalized spacial score (nSPS) is 18.7. The highest BCUT2D eigenvalue weighted by Gasteiger charge is 2.38. The van der Waals surface area contributed by atoms with Gasteiger partial charge in [0.25, 0.3) is 5.91 Å². The van der Waals surface area contributed by atoms with Crippen molar-refractivity contribution in [1.82, 2.24) is 25.3 Å². The summed E-state index contributed by atoms with van der Waals surface area (Å²) in [5.74, 6) is 0.0137. The number of pyridine rings is 1. The molecular formula is C26H29ClN6O4. The van der Waals surface area contributed by atoms with E-state index in [0.29, 0.717) is 29.6 Å². The fraction of sp³-hybridized carbons (Fsp3) is 0.385. The molecule has 1 fully saturated rings. The van der Waals surface area contributed by atoms with Crippen molar-refractivity contribution in [2.75, 3.05) is 25.0 Å². The second-order valence-electron chi connectivity index (χ2n) is 10.1. The van der Waals surface area contributed by atoms with E-state index in [9.17, 15) is 9.59 Å². The summed E-state index contributed by atoms with van der Waals surface area (Å²) in [4.78, 5) is 35.7. The number of aryl methyl sites for hydroxylation is 1. The van der Waals surface area contributed by atoms with Gasteiger partial charge in [-0.25, -0.2) is 0 Å². The van der Waals surface area contributed by atoms with Crippen LogP contribution in [0, 0.1) is 6.92 Å². The van der Waals surface area contributed by atoms with Crippen LogP contribution in [0.3, 0.4) is 0 Å². The van der Waals surface area contributed by atoms with Crippen LogP contribution in [0.1, 0.15) is 37.0 Å². The van der Waals surface area contributed by atoms with Crippen molar-refractivity contribution in [3.8, 4) is 0 Å². The maximum Gasteiger partial charge on any atom is 0.273 e. The van der Waals surface area contributed by atoms with Gasteiger partial charge < -0.3 is 24.9 Å². The lowest BCUT2D eigenvalue weighted by atomic mass is 10.0. The lowest BCUT2D eigenvalue weighted by molar-refractivity contribution is -0.143. The average Bonchev–Trinajstić information content (AvgIpc) is 3.42. The molecule has 4 aromatic rings. The first-order chi connectivity index (χ1) is 17.6. The number of nitrogens with zero attached hydrogens (tertiary/aromatic N) is 3. The number of halogens is 1. The topological polar surface area (TPSA) is 125 Å². The van der Waals surface area contributed by atoms with Gasteiger partial charge in [-0.15, -0.1) is 0 Å². The Balaban J connectivity index is 1.35. The second-order valence-corrected chi connectivity index (χ2v) is 10.6. The third kappa shape index (κ3) is 5.31. The summed E-state index contributed by atoms with van der Waals surface area (Å²) in [6.45, 7) is 8.74. The van der Waals surface area contributed by atoms with Crippen LogP contribution >= 0.6 is 11.6 Å². The Labute approximate surface area is 218 Å². The molecule has 194 valence electrons. The highest BCUT2D eigenvalue weighted by atomic mass is 35.5. The molecule has 2 amide bonds. The van der Waals surface area contributed by atoms with E-state index in [1.54, 1.807) is 31.5 Å². The quantitative estimate of drug-likeness (QED) is 0.349. The number of carbonyl (C=O) groups is 2. The minimum Gasteiger partial charge on any atom is -0.372 e. The Morgan fingerprint density at radius 2 is 2.11 bits per heavy atom. The second kappa shape index (κ2) is 9.77. The molecule has 0 saturated carbocycles. The average molecular weight is 525 g/mol. The van der Waals surface area contributed by atoms with Crippen LogP contribution in [-0.2, 0) is 9.53 Å². The van der Waals surface area contributed by atoms with Crippen molar-refractivity contribution in [2.24, 2.45) is 0 Å². The summed E-state index contributed by atoms with van der Waals surface area (Å²) < 4.78 is 11.0. The van der Waals surface area contributed by atoms with Gasteiger partial charge in [0.1, 0.15) is 11.8 Å². The van der Waals surface area contributed by atoms with Crippen molar-refractivity contribution in [3.63, 3.8) is 0 Å². The Kier molecular flexibility index (Phi) is 6.65. The standard InChI is InChI=1S/C26H29ClN6O4/c1-14(29-24(34)20-7-15(2)37-32-20)11-33-13-26(3,4)36-12-22(33)25(35)31-19-9-16(27)8-18-17-5-6-28-10-21(17)30-23(18)19/h5-10,14,22,30H,11-13H2,1-4H3,(H,29,34)(H,31,35). The van der Waals surface area contributed by atoms with Crippen LogP contribution in [0.25, 0.3) is 21.8 Å². The Morgan fingerprint density at radius 3 is 2.86 bits per heavy atom. The number of morpholine rings is 1. The number of ether oxygens (including phenoxy) is 1. The molecule has 1 aromatic carbocycles. The van der Waals surface area contributed by atoms with E-state index in [1.807, 2.05) is 37.8 Å². The number of anilines is 1. The molecule has 1 aliphatic heterocycles. The number of H-pyrrole nitrogens is 1. The molecule has 0 aliphatic carbocycles. The highest BCUT2D eigenvalue weighted by Crippen LogP contribution is 2.33. The minimum absolute atomic E-state index is 0.211. The van der Waals surface area contributed by atoms with E-state index in [4.69, 9.17) is 20.9 Å². The van der Waals surface area contributed by atoms with Gasteiger partial charge in [0, 0.05) is 47.2 Å². The number of aromatic nitrogens is 3. The molecule has 5 rings (SSSR count). The van der Waals surface area contributed by atoms with Crippen LogP contribution in [0.2, 0.25) is 5.02 Å². The van der Waals surface area contributed by atoms with Crippen LogP contribution < -0.4 is 10.6 Å². The SMILES string of the molecule is Cc1cc(C(=O)NC(C)CN2CC(C)(C)OCC2C(=O)Nc2cc(Cl)cc3c2[nH]c2cnccc23)no1. The number of rotatable bonds is 6. The van der Waals surface area contributed by atoms with Gasteiger partial charge in [-0.1, -0.05) is 16.8 Å². The molecule has 2 unspecified atom stereocenters. The van der Waals surface area contributed by atoms with Gasteiger partial charge in [-0.2, -0.15) is 0 Å². The van der Waals surface area contributed by atoms with Crippen molar-refractivity contribution in [2.45, 2.75) is 45.4 Å². The number of fused-ring (bicyclic) bond motifs is 3. The molecule has 37 heavy (non-hydrogen) atoms. The number of hydrogen-bond donors (Lipinski definition) is 3. The Morgan fingerprint density at radius 1 is 1.30 bits per heavy atom. The first-order valence-electron chi connectivity index (χ1n) is 12.1. The molecule has 3 N–H and O–H groups in total. The predicted molar refractivity (Wildman–Crippen MR) is 141 cm³/mol. The zero-order valence-electron chi connectivity index (χ0n) is 21.1. The molecule has 3 aromatic heterocycles. The van der Waals surface area contributed by atoms with Crippen LogP contribution in [0.5, 0.6) is 0 Å². The van der Waals surface area contributed by atoms with Gasteiger partial charge in [0.2, 0.25) is 5.91 Å². The minimum atomic E-state index is -0.568. The maximum atomic E-state index is 13.6. The Bertz CT molecular complexity index is 1480. The Hall–Kier alpha value is -3.47. The van der Waals surface area contributed by atoms with Crippen LogP contribution in [0.15, 0.2) is 41.2 Å². The summed E-state index contributed by atoms with van der Waals surface area (Å²) in [6, 6.07) is 6.26. The third-order valence-corrected chi connectivity index (χ3v) is 6.66. The largest absolute Gasteiger partial charge is 0.372 e. The first-order valence-corrected chi connectivity index (χ1v) is 12.5. The van der Waals surface area contributed by atoms with Crippen molar-refractivity contribution in [3.05, 3.63) is 53.1 Å². The summed E-state index contributed by atoms with van der Waals surface area (Å²) in [7, 11) is 0. The smallest absolute Gasteiger partial charge is 0.273 e. The maximum absolute atomic E-state index is 13.6. The fourth-order valence-electron chi connectivity index (χ4n) is 4.79. The van der Waals surface area contributed by atoms with Gasteiger partial charge in [-0.3, -0.25) is 19.5 Å². The molecule has 11 heteroatoms. The number of aromatic amines is 1. The summed E-state index contributed by atoms with van der Waals surface area (Å²) in [5, 5.41) is 12.1. The molecule has 0 bridgehead atoms. The number of benzene rings is 1. The van der Waals surface area contributed by atoms with Crippen LogP contribution in [0.4, 0.5) is 5.69 Å². The monoisotopic (exact) mass is 524 g/mol. The number of hydrogen-bond acceptors (Lipinski definition) is 7. The lowest BCUT2D eigenvalue weighted by Crippen LogP contribution is -2.60. The molecule has 1 aliphatic rings. The molecule has 1 saturated heterocycles. The molecule has 4 heterocycles. The zero-order chi connectivity index (χ0) is 26.3.